The van der Waals surface area contributed by atoms with Crippen LogP contribution in [0.15, 0.2) is 73.2 Å². The number of hydrogen-bond acceptors (Lipinski definition) is 4. The predicted molar refractivity (Wildman–Crippen MR) is 112 cm³/mol. The maximum absolute atomic E-state index is 12.9. The standard InChI is InChI=1S/C23H26N4O/c1-3-27(18-20-7-5-4-6-8-20)22-17-21(11-15-25-22)23(28)26(2)16-12-19-9-13-24-14-10-19/h4-11,13-15,17H,3,12,16,18H2,1-2H3. The molecule has 0 N–H and O–H groups in total. The van der Waals surface area contributed by atoms with E-state index in [1.807, 2.05) is 43.4 Å². The number of amides is 1. The van der Waals surface area contributed by atoms with E-state index in [-0.39, 0.29) is 5.91 Å². The zero-order valence-electron chi connectivity index (χ0n) is 16.5. The van der Waals surface area contributed by atoms with Crippen LogP contribution in [0.3, 0.4) is 0 Å². The number of aromatic nitrogens is 2. The van der Waals surface area contributed by atoms with Crippen LogP contribution in [0, 0.1) is 0 Å². The van der Waals surface area contributed by atoms with Gasteiger partial charge in [-0.25, -0.2) is 4.98 Å². The second-order valence-corrected chi connectivity index (χ2v) is 6.73. The molecule has 3 aromatic rings. The molecule has 0 saturated carbocycles. The average Bonchev–Trinajstić information content (AvgIpc) is 2.76. The van der Waals surface area contributed by atoms with E-state index in [0.29, 0.717) is 12.1 Å². The fourth-order valence-electron chi connectivity index (χ4n) is 3.05. The van der Waals surface area contributed by atoms with Crippen LogP contribution in [0.25, 0.3) is 0 Å². The third-order valence-corrected chi connectivity index (χ3v) is 4.75. The Morgan fingerprint density at radius 1 is 0.964 bits per heavy atom. The molecule has 0 aliphatic rings. The van der Waals surface area contributed by atoms with Crippen molar-refractivity contribution in [2.75, 3.05) is 25.0 Å². The highest BCUT2D eigenvalue weighted by Crippen LogP contribution is 2.17. The van der Waals surface area contributed by atoms with Crippen LogP contribution in [-0.2, 0) is 13.0 Å². The SMILES string of the molecule is CCN(Cc1ccccc1)c1cc(C(=O)N(C)CCc2ccncc2)ccn1. The summed E-state index contributed by atoms with van der Waals surface area (Å²) < 4.78 is 0. The van der Waals surface area contributed by atoms with Gasteiger partial charge in [-0.3, -0.25) is 9.78 Å². The number of pyridine rings is 2. The van der Waals surface area contributed by atoms with Crippen molar-refractivity contribution in [3.05, 3.63) is 89.9 Å². The molecule has 0 aliphatic carbocycles. The van der Waals surface area contributed by atoms with Gasteiger partial charge in [-0.05, 0) is 48.7 Å². The summed E-state index contributed by atoms with van der Waals surface area (Å²) in [4.78, 5) is 25.3. The van der Waals surface area contributed by atoms with Crippen LogP contribution in [0.4, 0.5) is 5.82 Å². The van der Waals surface area contributed by atoms with Gasteiger partial charge < -0.3 is 9.80 Å². The Morgan fingerprint density at radius 2 is 1.71 bits per heavy atom. The van der Waals surface area contributed by atoms with Gasteiger partial charge in [-0.1, -0.05) is 30.3 Å². The summed E-state index contributed by atoms with van der Waals surface area (Å²) in [5.41, 5.74) is 3.05. The second kappa shape index (κ2) is 9.65. The molecule has 0 spiro atoms. The van der Waals surface area contributed by atoms with Gasteiger partial charge in [0.25, 0.3) is 5.91 Å². The molecule has 0 atom stereocenters. The number of benzene rings is 1. The van der Waals surface area contributed by atoms with Crippen LogP contribution >= 0.6 is 0 Å². The average molecular weight is 374 g/mol. The van der Waals surface area contributed by atoms with E-state index in [4.69, 9.17) is 0 Å². The van der Waals surface area contributed by atoms with Crippen LogP contribution in [0.1, 0.15) is 28.4 Å². The quantitative estimate of drug-likeness (QED) is 0.601. The molecule has 5 nitrogen and oxygen atoms in total. The lowest BCUT2D eigenvalue weighted by Gasteiger charge is -2.23. The zero-order chi connectivity index (χ0) is 19.8. The molecule has 0 fully saturated rings. The molecule has 0 unspecified atom stereocenters. The molecule has 3 rings (SSSR count). The molecule has 1 aromatic carbocycles. The van der Waals surface area contributed by atoms with E-state index in [2.05, 4.69) is 33.9 Å². The number of nitrogens with zero attached hydrogens (tertiary/aromatic N) is 4. The van der Waals surface area contributed by atoms with Gasteiger partial charge in [0.05, 0.1) is 0 Å². The maximum Gasteiger partial charge on any atom is 0.253 e. The second-order valence-electron chi connectivity index (χ2n) is 6.73. The molecule has 0 aliphatic heterocycles. The first-order valence-corrected chi connectivity index (χ1v) is 9.56. The Kier molecular flexibility index (Phi) is 6.73. The van der Waals surface area contributed by atoms with E-state index < -0.39 is 0 Å². The Hall–Kier alpha value is -3.21. The number of rotatable bonds is 8. The summed E-state index contributed by atoms with van der Waals surface area (Å²) in [5, 5.41) is 0. The molecule has 2 heterocycles. The van der Waals surface area contributed by atoms with E-state index in [0.717, 1.165) is 25.3 Å². The van der Waals surface area contributed by atoms with Gasteiger partial charge in [0.2, 0.25) is 0 Å². The van der Waals surface area contributed by atoms with Crippen molar-refractivity contribution in [3.8, 4) is 0 Å². The summed E-state index contributed by atoms with van der Waals surface area (Å²) in [5.74, 6) is 0.827. The van der Waals surface area contributed by atoms with E-state index in [9.17, 15) is 4.79 Å². The minimum absolute atomic E-state index is 0.00784. The lowest BCUT2D eigenvalue weighted by molar-refractivity contribution is 0.0796. The van der Waals surface area contributed by atoms with Gasteiger partial charge in [-0.2, -0.15) is 0 Å². The molecular weight excluding hydrogens is 348 g/mol. The van der Waals surface area contributed by atoms with Crippen LogP contribution in [-0.4, -0.2) is 40.9 Å². The van der Waals surface area contributed by atoms with Gasteiger partial charge in [-0.15, -0.1) is 0 Å². The fraction of sp³-hybridized carbons (Fsp3) is 0.261. The molecule has 0 radical (unpaired) electrons. The van der Waals surface area contributed by atoms with Crippen molar-refractivity contribution in [2.45, 2.75) is 19.9 Å². The largest absolute Gasteiger partial charge is 0.353 e. The van der Waals surface area contributed by atoms with E-state index >= 15 is 0 Å². The molecule has 0 saturated heterocycles. The zero-order valence-corrected chi connectivity index (χ0v) is 16.5. The maximum atomic E-state index is 12.9. The van der Waals surface area contributed by atoms with Crippen LogP contribution in [0.2, 0.25) is 0 Å². The number of anilines is 1. The van der Waals surface area contributed by atoms with Gasteiger partial charge in [0.15, 0.2) is 0 Å². The Labute approximate surface area is 166 Å². The fourth-order valence-corrected chi connectivity index (χ4v) is 3.05. The van der Waals surface area contributed by atoms with Gasteiger partial charge >= 0.3 is 0 Å². The third-order valence-electron chi connectivity index (χ3n) is 4.75. The van der Waals surface area contributed by atoms with E-state index in [1.54, 1.807) is 29.6 Å². The summed E-state index contributed by atoms with van der Waals surface area (Å²) >= 11 is 0. The Balaban J connectivity index is 1.67. The number of carbonyl (C=O) groups is 1. The predicted octanol–water partition coefficient (Wildman–Crippen LogP) is 3.82. The highest BCUT2D eigenvalue weighted by atomic mass is 16.2. The third kappa shape index (κ3) is 5.16. The number of carbonyl (C=O) groups excluding carboxylic acids is 1. The van der Waals surface area contributed by atoms with Crippen molar-refractivity contribution < 1.29 is 4.79 Å². The molecule has 28 heavy (non-hydrogen) atoms. The lowest BCUT2D eigenvalue weighted by Crippen LogP contribution is -2.29. The lowest BCUT2D eigenvalue weighted by atomic mass is 10.1. The summed E-state index contributed by atoms with van der Waals surface area (Å²) in [6, 6.07) is 17.9. The van der Waals surface area contributed by atoms with E-state index in [1.165, 1.54) is 11.1 Å². The molecule has 0 bridgehead atoms. The molecule has 2 aromatic heterocycles. The van der Waals surface area contributed by atoms with Crippen LogP contribution in [0.5, 0.6) is 0 Å². The minimum atomic E-state index is 0.00784. The normalized spacial score (nSPS) is 10.5. The molecular formula is C23H26N4O. The van der Waals surface area contributed by atoms with Gasteiger partial charge in [0.1, 0.15) is 5.82 Å². The van der Waals surface area contributed by atoms with Crippen molar-refractivity contribution >= 4 is 11.7 Å². The Bertz CT molecular complexity index is 883. The summed E-state index contributed by atoms with van der Waals surface area (Å²) in [7, 11) is 1.84. The first-order chi connectivity index (χ1) is 13.7. The van der Waals surface area contributed by atoms with Gasteiger partial charge in [0, 0.05) is 50.8 Å². The Morgan fingerprint density at radius 3 is 2.43 bits per heavy atom. The molecule has 1 amide bonds. The first-order valence-electron chi connectivity index (χ1n) is 9.56. The highest BCUT2D eigenvalue weighted by molar-refractivity contribution is 5.94. The monoisotopic (exact) mass is 374 g/mol. The topological polar surface area (TPSA) is 49.3 Å². The van der Waals surface area contributed by atoms with Crippen molar-refractivity contribution in [1.82, 2.24) is 14.9 Å². The van der Waals surface area contributed by atoms with Crippen LogP contribution < -0.4 is 4.90 Å². The van der Waals surface area contributed by atoms with Crippen molar-refractivity contribution in [1.29, 1.82) is 0 Å². The van der Waals surface area contributed by atoms with Crippen molar-refractivity contribution in [2.24, 2.45) is 0 Å². The highest BCUT2D eigenvalue weighted by Gasteiger charge is 2.14. The first kappa shape index (κ1) is 19.5. The summed E-state index contributed by atoms with van der Waals surface area (Å²) in [6.45, 7) is 4.33. The molecule has 144 valence electrons. The number of hydrogen-bond donors (Lipinski definition) is 0. The number of likely N-dealkylation sites (N-methyl/N-ethyl adjacent to an activating group) is 1. The smallest absolute Gasteiger partial charge is 0.253 e. The molecule has 5 heteroatoms. The minimum Gasteiger partial charge on any atom is -0.353 e. The van der Waals surface area contributed by atoms with Crippen molar-refractivity contribution in [3.63, 3.8) is 0 Å². The summed E-state index contributed by atoms with van der Waals surface area (Å²) in [6.07, 6.45) is 6.07.